The lowest BCUT2D eigenvalue weighted by Crippen LogP contribution is -2.29. The Kier molecular flexibility index (Phi) is 4.28. The molecular formula is C15H19NO4S. The molecule has 2 N–H and O–H groups in total. The zero-order valence-corrected chi connectivity index (χ0v) is 13.1. The molecule has 0 saturated heterocycles. The van der Waals surface area contributed by atoms with E-state index in [2.05, 4.69) is 16.6 Å². The summed E-state index contributed by atoms with van der Waals surface area (Å²) < 4.78 is 32.8. The SMILES string of the molecule is COc1ccc(C#CCO)cc1S(=O)(=O)NC1CC1(C)C. The number of methoxy groups -OCH3 is 1. The lowest BCUT2D eigenvalue weighted by molar-refractivity contribution is 0.350. The number of nitrogens with one attached hydrogen (secondary N) is 1. The number of hydrogen-bond acceptors (Lipinski definition) is 4. The highest BCUT2D eigenvalue weighted by Gasteiger charge is 2.48. The van der Waals surface area contributed by atoms with Crippen molar-refractivity contribution < 1.29 is 18.3 Å². The first kappa shape index (κ1) is 15.8. The number of sulfonamides is 1. The van der Waals surface area contributed by atoms with E-state index in [1.165, 1.54) is 13.2 Å². The van der Waals surface area contributed by atoms with Crippen LogP contribution in [0.15, 0.2) is 23.1 Å². The summed E-state index contributed by atoms with van der Waals surface area (Å²) in [5, 5.41) is 8.71. The quantitative estimate of drug-likeness (QED) is 0.817. The molecule has 2 rings (SSSR count). The second-order valence-corrected chi connectivity index (χ2v) is 7.37. The fraction of sp³-hybridized carbons (Fsp3) is 0.467. The van der Waals surface area contributed by atoms with Gasteiger partial charge in [0.15, 0.2) is 0 Å². The Morgan fingerprint density at radius 3 is 2.67 bits per heavy atom. The molecule has 1 unspecified atom stereocenters. The Morgan fingerprint density at radius 2 is 2.14 bits per heavy atom. The Bertz CT molecular complexity index is 698. The van der Waals surface area contributed by atoms with Crippen LogP contribution in [0.5, 0.6) is 5.75 Å². The Labute approximate surface area is 125 Å². The van der Waals surface area contributed by atoms with Crippen LogP contribution in [-0.2, 0) is 10.0 Å². The van der Waals surface area contributed by atoms with E-state index >= 15 is 0 Å². The van der Waals surface area contributed by atoms with Gasteiger partial charge in [-0.25, -0.2) is 13.1 Å². The number of aliphatic hydroxyl groups is 1. The van der Waals surface area contributed by atoms with Crippen molar-refractivity contribution in [3.63, 3.8) is 0 Å². The first-order valence-electron chi connectivity index (χ1n) is 6.60. The number of benzene rings is 1. The zero-order valence-electron chi connectivity index (χ0n) is 12.3. The molecule has 21 heavy (non-hydrogen) atoms. The van der Waals surface area contributed by atoms with Crippen LogP contribution in [0, 0.1) is 17.3 Å². The average molecular weight is 309 g/mol. The first-order valence-corrected chi connectivity index (χ1v) is 8.08. The lowest BCUT2D eigenvalue weighted by Gasteiger charge is -2.12. The van der Waals surface area contributed by atoms with Crippen LogP contribution in [-0.4, -0.2) is 33.3 Å². The van der Waals surface area contributed by atoms with Crippen molar-refractivity contribution in [2.75, 3.05) is 13.7 Å². The van der Waals surface area contributed by atoms with E-state index < -0.39 is 10.0 Å². The monoisotopic (exact) mass is 309 g/mol. The molecule has 6 heteroatoms. The van der Waals surface area contributed by atoms with E-state index in [4.69, 9.17) is 9.84 Å². The number of ether oxygens (including phenoxy) is 1. The highest BCUT2D eigenvalue weighted by Crippen LogP contribution is 2.45. The molecule has 0 amide bonds. The molecule has 1 fully saturated rings. The lowest BCUT2D eigenvalue weighted by atomic mass is 10.2. The molecule has 1 aliphatic carbocycles. The molecular weight excluding hydrogens is 290 g/mol. The van der Waals surface area contributed by atoms with Gasteiger partial charge in [-0.2, -0.15) is 0 Å². The Hall–Kier alpha value is -1.55. The Balaban J connectivity index is 2.36. The van der Waals surface area contributed by atoms with Gasteiger partial charge in [-0.3, -0.25) is 0 Å². The van der Waals surface area contributed by atoms with Gasteiger partial charge in [-0.1, -0.05) is 25.7 Å². The number of rotatable bonds is 4. The third kappa shape index (κ3) is 3.56. The van der Waals surface area contributed by atoms with Gasteiger partial charge < -0.3 is 9.84 Å². The third-order valence-electron chi connectivity index (χ3n) is 3.58. The normalized spacial score (nSPS) is 19.5. The smallest absolute Gasteiger partial charge is 0.244 e. The van der Waals surface area contributed by atoms with Crippen LogP contribution in [0.2, 0.25) is 0 Å². The highest BCUT2D eigenvalue weighted by molar-refractivity contribution is 7.89. The molecule has 1 atom stereocenters. The molecule has 114 valence electrons. The second kappa shape index (κ2) is 5.68. The summed E-state index contributed by atoms with van der Waals surface area (Å²) in [7, 11) is -2.24. The van der Waals surface area contributed by atoms with Crippen molar-refractivity contribution in [1.29, 1.82) is 0 Å². The van der Waals surface area contributed by atoms with Gasteiger partial charge in [0.1, 0.15) is 17.3 Å². The van der Waals surface area contributed by atoms with Crippen LogP contribution in [0.3, 0.4) is 0 Å². The summed E-state index contributed by atoms with van der Waals surface area (Å²) in [5.74, 6) is 5.47. The van der Waals surface area contributed by atoms with Crippen LogP contribution in [0.25, 0.3) is 0 Å². The third-order valence-corrected chi connectivity index (χ3v) is 5.07. The van der Waals surface area contributed by atoms with E-state index in [0.29, 0.717) is 5.56 Å². The molecule has 0 spiro atoms. The largest absolute Gasteiger partial charge is 0.495 e. The molecule has 5 nitrogen and oxygen atoms in total. The molecule has 1 aromatic rings. The van der Waals surface area contributed by atoms with E-state index in [0.717, 1.165) is 6.42 Å². The maximum absolute atomic E-state index is 12.5. The second-order valence-electron chi connectivity index (χ2n) is 5.69. The van der Waals surface area contributed by atoms with Crippen molar-refractivity contribution in [3.8, 4) is 17.6 Å². The van der Waals surface area contributed by atoms with E-state index in [1.54, 1.807) is 12.1 Å². The van der Waals surface area contributed by atoms with Gasteiger partial charge >= 0.3 is 0 Å². The van der Waals surface area contributed by atoms with Crippen molar-refractivity contribution in [3.05, 3.63) is 23.8 Å². The van der Waals surface area contributed by atoms with Crippen LogP contribution < -0.4 is 9.46 Å². The average Bonchev–Trinajstić information content (AvgIpc) is 3.01. The maximum atomic E-state index is 12.5. The molecule has 0 bridgehead atoms. The molecule has 1 saturated carbocycles. The highest BCUT2D eigenvalue weighted by atomic mass is 32.2. The predicted molar refractivity (Wildman–Crippen MR) is 79.5 cm³/mol. The van der Waals surface area contributed by atoms with Gasteiger partial charge in [-0.05, 0) is 30.0 Å². The summed E-state index contributed by atoms with van der Waals surface area (Å²) in [6.45, 7) is 3.75. The minimum absolute atomic E-state index is 0.00535. The maximum Gasteiger partial charge on any atom is 0.244 e. The summed E-state index contributed by atoms with van der Waals surface area (Å²) in [6.07, 6.45) is 0.818. The van der Waals surface area contributed by atoms with Gasteiger partial charge in [0, 0.05) is 11.6 Å². The zero-order chi connectivity index (χ0) is 15.7. The van der Waals surface area contributed by atoms with E-state index in [1.807, 2.05) is 13.8 Å². The molecule has 1 aliphatic rings. The van der Waals surface area contributed by atoms with Gasteiger partial charge in [0.05, 0.1) is 7.11 Å². The fourth-order valence-corrected chi connectivity index (χ4v) is 3.63. The number of aliphatic hydroxyl groups excluding tert-OH is 1. The van der Waals surface area contributed by atoms with Crippen LogP contribution in [0.1, 0.15) is 25.8 Å². The minimum Gasteiger partial charge on any atom is -0.495 e. The molecule has 0 heterocycles. The number of hydrogen-bond donors (Lipinski definition) is 2. The standard InChI is InChI=1S/C15H19NO4S/c1-15(2)10-14(15)16-21(18,19)13-9-11(5-4-8-17)6-7-12(13)20-3/h6-7,9,14,16-17H,8,10H2,1-3H3. The predicted octanol–water partition coefficient (Wildman–Crippen LogP) is 1.12. The van der Waals surface area contributed by atoms with Gasteiger partial charge in [0.25, 0.3) is 0 Å². The van der Waals surface area contributed by atoms with Crippen molar-refractivity contribution in [2.45, 2.75) is 31.2 Å². The van der Waals surface area contributed by atoms with E-state index in [-0.39, 0.29) is 28.7 Å². The van der Waals surface area contributed by atoms with Crippen molar-refractivity contribution >= 4 is 10.0 Å². The van der Waals surface area contributed by atoms with Crippen LogP contribution >= 0.6 is 0 Å². The van der Waals surface area contributed by atoms with Crippen molar-refractivity contribution in [2.24, 2.45) is 5.41 Å². The summed E-state index contributed by atoms with van der Waals surface area (Å²) in [5.41, 5.74) is 0.509. The summed E-state index contributed by atoms with van der Waals surface area (Å²) >= 11 is 0. The van der Waals surface area contributed by atoms with Crippen LogP contribution in [0.4, 0.5) is 0 Å². The molecule has 0 radical (unpaired) electrons. The summed E-state index contributed by atoms with van der Waals surface area (Å²) in [6, 6.07) is 4.62. The van der Waals surface area contributed by atoms with Gasteiger partial charge in [-0.15, -0.1) is 0 Å². The first-order chi connectivity index (χ1) is 9.80. The fourth-order valence-electron chi connectivity index (χ4n) is 2.03. The molecule has 1 aromatic carbocycles. The van der Waals surface area contributed by atoms with Gasteiger partial charge in [0.2, 0.25) is 10.0 Å². The summed E-state index contributed by atoms with van der Waals surface area (Å²) in [4.78, 5) is 0.0671. The topological polar surface area (TPSA) is 75.6 Å². The minimum atomic E-state index is -3.66. The Morgan fingerprint density at radius 1 is 1.48 bits per heavy atom. The molecule has 0 aliphatic heterocycles. The van der Waals surface area contributed by atoms with E-state index in [9.17, 15) is 8.42 Å². The van der Waals surface area contributed by atoms with Crippen molar-refractivity contribution in [1.82, 2.24) is 4.72 Å². The molecule has 0 aromatic heterocycles.